The summed E-state index contributed by atoms with van der Waals surface area (Å²) in [5, 5.41) is 0. The number of anilines is 1. The van der Waals surface area contributed by atoms with Gasteiger partial charge in [-0.05, 0) is 26.0 Å². The van der Waals surface area contributed by atoms with Crippen molar-refractivity contribution in [3.05, 3.63) is 24.0 Å². The molecule has 0 aromatic carbocycles. The summed E-state index contributed by atoms with van der Waals surface area (Å²) in [5.41, 5.74) is 6.04. The fraction of sp³-hybridized carbons (Fsp3) is 0.417. The molecule has 0 aliphatic heterocycles. The average Bonchev–Trinajstić information content (AvgIpc) is 2.35. The van der Waals surface area contributed by atoms with E-state index in [1.54, 1.807) is 13.1 Å². The van der Waals surface area contributed by atoms with Gasteiger partial charge in [-0.1, -0.05) is 0 Å². The first-order valence-corrected chi connectivity index (χ1v) is 5.56. The molecule has 0 saturated carbocycles. The van der Waals surface area contributed by atoms with Crippen LogP contribution >= 0.6 is 0 Å². The smallest absolute Gasteiger partial charge is 0.357 e. The van der Waals surface area contributed by atoms with Crippen LogP contribution in [0.2, 0.25) is 0 Å². The van der Waals surface area contributed by atoms with Gasteiger partial charge in [0, 0.05) is 13.1 Å². The van der Waals surface area contributed by atoms with Gasteiger partial charge in [0.2, 0.25) is 0 Å². The molecule has 0 spiro atoms. The monoisotopic (exact) mass is 251 g/mol. The Kier molecular flexibility index (Phi) is 4.65. The van der Waals surface area contributed by atoms with Crippen molar-refractivity contribution in [3.63, 3.8) is 0 Å². The van der Waals surface area contributed by atoms with Gasteiger partial charge in [-0.2, -0.15) is 0 Å². The number of esters is 1. The summed E-state index contributed by atoms with van der Waals surface area (Å²) in [6.45, 7) is 3.46. The molecule has 0 atom stereocenters. The third-order valence-electron chi connectivity index (χ3n) is 2.49. The number of nitrogen functional groups attached to an aromatic ring is 1. The van der Waals surface area contributed by atoms with Gasteiger partial charge in [-0.15, -0.1) is 0 Å². The lowest BCUT2D eigenvalue weighted by Gasteiger charge is -2.20. The quantitative estimate of drug-likeness (QED) is 0.796. The van der Waals surface area contributed by atoms with Crippen LogP contribution in [0.5, 0.6) is 0 Å². The number of rotatable bonds is 4. The second-order valence-electron chi connectivity index (χ2n) is 4.15. The zero-order chi connectivity index (χ0) is 13.7. The summed E-state index contributed by atoms with van der Waals surface area (Å²) in [6, 6.07) is 3.06. The third-order valence-corrected chi connectivity index (χ3v) is 2.49. The van der Waals surface area contributed by atoms with Crippen molar-refractivity contribution in [3.8, 4) is 0 Å². The van der Waals surface area contributed by atoms with E-state index >= 15 is 0 Å². The molecule has 6 nitrogen and oxygen atoms in total. The number of hydrogen-bond donors (Lipinski definition) is 1. The number of nitrogens with two attached hydrogens (primary N) is 1. The van der Waals surface area contributed by atoms with E-state index in [1.807, 2.05) is 13.8 Å². The van der Waals surface area contributed by atoms with Crippen LogP contribution in [0.3, 0.4) is 0 Å². The number of amides is 1. The minimum atomic E-state index is -0.638. The second-order valence-corrected chi connectivity index (χ2v) is 4.15. The van der Waals surface area contributed by atoms with E-state index < -0.39 is 5.97 Å². The third kappa shape index (κ3) is 3.73. The van der Waals surface area contributed by atoms with Crippen LogP contribution in [0.15, 0.2) is 18.3 Å². The summed E-state index contributed by atoms with van der Waals surface area (Å²) < 4.78 is 4.87. The Morgan fingerprint density at radius 1 is 1.44 bits per heavy atom. The van der Waals surface area contributed by atoms with Crippen LogP contribution in [-0.2, 0) is 9.53 Å². The molecule has 1 aromatic heterocycles. The first-order chi connectivity index (χ1) is 8.41. The Morgan fingerprint density at radius 3 is 2.61 bits per heavy atom. The number of ether oxygens (including phenoxy) is 1. The van der Waals surface area contributed by atoms with Gasteiger partial charge < -0.3 is 15.4 Å². The first kappa shape index (κ1) is 14.0. The van der Waals surface area contributed by atoms with E-state index in [-0.39, 0.29) is 24.2 Å². The zero-order valence-corrected chi connectivity index (χ0v) is 10.7. The molecule has 1 heterocycles. The largest absolute Gasteiger partial charge is 0.451 e. The molecule has 0 unspecified atom stereocenters. The molecule has 0 fully saturated rings. The highest BCUT2D eigenvalue weighted by atomic mass is 16.5. The molecule has 6 heteroatoms. The number of carbonyl (C=O) groups excluding carboxylic acids is 2. The molecule has 18 heavy (non-hydrogen) atoms. The molecule has 0 bridgehead atoms. The lowest BCUT2D eigenvalue weighted by molar-refractivity contribution is -0.134. The average molecular weight is 251 g/mol. The Labute approximate surface area is 106 Å². The van der Waals surface area contributed by atoms with Crippen LogP contribution in [0, 0.1) is 0 Å². The van der Waals surface area contributed by atoms with Crippen LogP contribution in [-0.4, -0.2) is 41.5 Å². The van der Waals surface area contributed by atoms with Crippen LogP contribution in [0.25, 0.3) is 0 Å². The molecule has 2 N–H and O–H groups in total. The Bertz CT molecular complexity index is 429. The van der Waals surface area contributed by atoms with E-state index in [0.717, 1.165) is 0 Å². The standard InChI is InChI=1S/C12H17N3O3/c1-8(2)15(3)11(16)7-18-12(17)10-5-4-9(13)6-14-10/h4-6,8H,7,13H2,1-3H3. The second kappa shape index (κ2) is 6.00. The SMILES string of the molecule is CC(C)N(C)C(=O)COC(=O)c1ccc(N)cn1. The maximum atomic E-state index is 11.6. The predicted molar refractivity (Wildman–Crippen MR) is 66.8 cm³/mol. The molecule has 0 radical (unpaired) electrons. The number of pyridine rings is 1. The van der Waals surface area contributed by atoms with Crippen molar-refractivity contribution in [1.82, 2.24) is 9.88 Å². The molecule has 0 aliphatic carbocycles. The predicted octanol–water partition coefficient (Wildman–Crippen LogP) is 0.687. The van der Waals surface area contributed by atoms with Gasteiger partial charge in [-0.25, -0.2) is 9.78 Å². The highest BCUT2D eigenvalue weighted by Gasteiger charge is 2.15. The summed E-state index contributed by atoms with van der Waals surface area (Å²) in [7, 11) is 1.66. The number of likely N-dealkylation sites (N-methyl/N-ethyl adjacent to an activating group) is 1. The highest BCUT2D eigenvalue weighted by molar-refractivity contribution is 5.89. The molecule has 98 valence electrons. The lowest BCUT2D eigenvalue weighted by atomic mass is 10.3. The van der Waals surface area contributed by atoms with Gasteiger partial charge in [0.25, 0.3) is 5.91 Å². The molecule has 1 aromatic rings. The Hall–Kier alpha value is -2.11. The number of nitrogens with zero attached hydrogens (tertiary/aromatic N) is 2. The summed E-state index contributed by atoms with van der Waals surface area (Å²) in [5.74, 6) is -0.894. The molecular weight excluding hydrogens is 234 g/mol. The van der Waals surface area contributed by atoms with Crippen molar-refractivity contribution < 1.29 is 14.3 Å². The normalized spacial score (nSPS) is 10.2. The fourth-order valence-electron chi connectivity index (χ4n) is 1.12. The molecule has 1 amide bonds. The van der Waals surface area contributed by atoms with Crippen LogP contribution in [0.1, 0.15) is 24.3 Å². The van der Waals surface area contributed by atoms with E-state index in [9.17, 15) is 9.59 Å². The molecular formula is C12H17N3O3. The summed E-state index contributed by atoms with van der Waals surface area (Å²) >= 11 is 0. The van der Waals surface area contributed by atoms with E-state index in [1.165, 1.54) is 17.2 Å². The Morgan fingerprint density at radius 2 is 2.11 bits per heavy atom. The topological polar surface area (TPSA) is 85.5 Å². The van der Waals surface area contributed by atoms with Gasteiger partial charge in [0.05, 0.1) is 11.9 Å². The summed E-state index contributed by atoms with van der Waals surface area (Å²) in [4.78, 5) is 28.5. The van der Waals surface area contributed by atoms with Crippen molar-refractivity contribution >= 4 is 17.6 Å². The number of carbonyl (C=O) groups is 2. The maximum Gasteiger partial charge on any atom is 0.357 e. The van der Waals surface area contributed by atoms with Gasteiger partial charge in [-0.3, -0.25) is 4.79 Å². The lowest BCUT2D eigenvalue weighted by Crippen LogP contribution is -2.36. The van der Waals surface area contributed by atoms with Gasteiger partial charge in [0.1, 0.15) is 5.69 Å². The van der Waals surface area contributed by atoms with Crippen LogP contribution < -0.4 is 5.73 Å². The van der Waals surface area contributed by atoms with Gasteiger partial charge in [0.15, 0.2) is 6.61 Å². The van der Waals surface area contributed by atoms with E-state index in [2.05, 4.69) is 4.98 Å². The van der Waals surface area contributed by atoms with Crippen molar-refractivity contribution in [2.75, 3.05) is 19.4 Å². The number of aromatic nitrogens is 1. The minimum absolute atomic E-state index is 0.0610. The highest BCUT2D eigenvalue weighted by Crippen LogP contribution is 2.03. The summed E-state index contributed by atoms with van der Waals surface area (Å²) in [6.07, 6.45) is 1.36. The molecule has 0 saturated heterocycles. The minimum Gasteiger partial charge on any atom is -0.451 e. The molecule has 1 rings (SSSR count). The van der Waals surface area contributed by atoms with Crippen LogP contribution in [0.4, 0.5) is 5.69 Å². The first-order valence-electron chi connectivity index (χ1n) is 5.56. The van der Waals surface area contributed by atoms with E-state index in [4.69, 9.17) is 10.5 Å². The van der Waals surface area contributed by atoms with Crippen molar-refractivity contribution in [2.24, 2.45) is 0 Å². The van der Waals surface area contributed by atoms with Crippen molar-refractivity contribution in [1.29, 1.82) is 0 Å². The van der Waals surface area contributed by atoms with Crippen molar-refractivity contribution in [2.45, 2.75) is 19.9 Å². The molecule has 0 aliphatic rings. The van der Waals surface area contributed by atoms with E-state index in [0.29, 0.717) is 5.69 Å². The van der Waals surface area contributed by atoms with Gasteiger partial charge >= 0.3 is 5.97 Å². The zero-order valence-electron chi connectivity index (χ0n) is 10.7. The number of hydrogen-bond acceptors (Lipinski definition) is 5. The maximum absolute atomic E-state index is 11.6. The Balaban J connectivity index is 2.51. The fourth-order valence-corrected chi connectivity index (χ4v) is 1.12.